The van der Waals surface area contributed by atoms with Crippen molar-refractivity contribution in [2.24, 2.45) is 5.16 Å². The van der Waals surface area contributed by atoms with E-state index in [-0.39, 0.29) is 17.0 Å². The van der Waals surface area contributed by atoms with Crippen LogP contribution in [0.5, 0.6) is 5.75 Å². The second-order valence-electron chi connectivity index (χ2n) is 3.68. The number of hydrogen-bond donors (Lipinski definition) is 2. The van der Waals surface area contributed by atoms with E-state index in [0.29, 0.717) is 10.0 Å². The van der Waals surface area contributed by atoms with E-state index in [9.17, 15) is 9.90 Å². The molecule has 1 aromatic heterocycles. The fourth-order valence-electron chi connectivity index (χ4n) is 1.59. The first-order valence-electron chi connectivity index (χ1n) is 5.29. The number of oxime groups is 1. The van der Waals surface area contributed by atoms with Crippen LogP contribution in [-0.4, -0.2) is 27.3 Å². The molecule has 0 aliphatic heterocycles. The SMILES string of the molecule is O=C(c1cc(Br)ccc1O)c1ncccc1C=NO. The molecule has 1 aromatic carbocycles. The molecule has 0 atom stereocenters. The predicted octanol–water partition coefficient (Wildman–Crippen LogP) is 2.59. The highest BCUT2D eigenvalue weighted by Crippen LogP contribution is 2.24. The summed E-state index contributed by atoms with van der Waals surface area (Å²) in [6.45, 7) is 0. The summed E-state index contributed by atoms with van der Waals surface area (Å²) in [5, 5.41) is 21.2. The maximum Gasteiger partial charge on any atom is 0.215 e. The van der Waals surface area contributed by atoms with Crippen LogP contribution in [0.4, 0.5) is 0 Å². The van der Waals surface area contributed by atoms with Crippen molar-refractivity contribution >= 4 is 27.9 Å². The number of benzene rings is 1. The first-order valence-corrected chi connectivity index (χ1v) is 6.08. The van der Waals surface area contributed by atoms with Crippen molar-refractivity contribution in [3.63, 3.8) is 0 Å². The van der Waals surface area contributed by atoms with Crippen LogP contribution in [0.3, 0.4) is 0 Å². The zero-order chi connectivity index (χ0) is 13.8. The van der Waals surface area contributed by atoms with E-state index in [0.717, 1.165) is 6.21 Å². The lowest BCUT2D eigenvalue weighted by molar-refractivity contribution is 0.103. The van der Waals surface area contributed by atoms with Crippen LogP contribution in [0.2, 0.25) is 0 Å². The van der Waals surface area contributed by atoms with Crippen molar-refractivity contribution in [1.82, 2.24) is 4.98 Å². The highest BCUT2D eigenvalue weighted by molar-refractivity contribution is 9.10. The summed E-state index contributed by atoms with van der Waals surface area (Å²) in [6, 6.07) is 7.76. The second kappa shape index (κ2) is 5.62. The quantitative estimate of drug-likeness (QED) is 0.394. The summed E-state index contributed by atoms with van der Waals surface area (Å²) in [6.07, 6.45) is 2.58. The number of phenols is 1. The number of ketones is 1. The van der Waals surface area contributed by atoms with Crippen molar-refractivity contribution in [3.05, 3.63) is 57.8 Å². The summed E-state index contributed by atoms with van der Waals surface area (Å²) >= 11 is 3.24. The Labute approximate surface area is 117 Å². The summed E-state index contributed by atoms with van der Waals surface area (Å²) in [4.78, 5) is 16.3. The number of pyridine rings is 1. The molecule has 0 radical (unpaired) electrons. The van der Waals surface area contributed by atoms with Gasteiger partial charge >= 0.3 is 0 Å². The molecule has 0 spiro atoms. The van der Waals surface area contributed by atoms with Gasteiger partial charge in [-0.3, -0.25) is 9.78 Å². The molecule has 0 amide bonds. The number of carbonyl (C=O) groups excluding carboxylic acids is 1. The first kappa shape index (κ1) is 13.2. The molecule has 6 heteroatoms. The first-order chi connectivity index (χ1) is 9.13. The van der Waals surface area contributed by atoms with Crippen LogP contribution in [-0.2, 0) is 0 Å². The largest absolute Gasteiger partial charge is 0.507 e. The number of rotatable bonds is 3. The van der Waals surface area contributed by atoms with E-state index < -0.39 is 5.78 Å². The Kier molecular flexibility index (Phi) is 3.91. The average molecular weight is 321 g/mol. The second-order valence-corrected chi connectivity index (χ2v) is 4.59. The van der Waals surface area contributed by atoms with Crippen molar-refractivity contribution in [1.29, 1.82) is 0 Å². The van der Waals surface area contributed by atoms with Gasteiger partial charge in [-0.05, 0) is 30.3 Å². The molecular weight excluding hydrogens is 312 g/mol. The number of halogens is 1. The van der Waals surface area contributed by atoms with Gasteiger partial charge in [-0.15, -0.1) is 0 Å². The number of aromatic hydroxyl groups is 1. The zero-order valence-electron chi connectivity index (χ0n) is 9.62. The molecule has 1 heterocycles. The highest BCUT2D eigenvalue weighted by atomic mass is 79.9. The van der Waals surface area contributed by atoms with Crippen molar-refractivity contribution in [3.8, 4) is 5.75 Å². The number of carbonyl (C=O) groups is 1. The number of phenolic OH excluding ortho intramolecular Hbond substituents is 1. The van der Waals surface area contributed by atoms with E-state index in [4.69, 9.17) is 5.21 Å². The smallest absolute Gasteiger partial charge is 0.215 e. The molecule has 0 unspecified atom stereocenters. The summed E-state index contributed by atoms with van der Waals surface area (Å²) in [5.74, 6) is -0.583. The minimum absolute atomic E-state index is 0.105. The van der Waals surface area contributed by atoms with Crippen LogP contribution in [0.15, 0.2) is 46.2 Å². The van der Waals surface area contributed by atoms with E-state index in [1.807, 2.05) is 0 Å². The Morgan fingerprint density at radius 1 is 1.37 bits per heavy atom. The maximum absolute atomic E-state index is 12.3. The zero-order valence-corrected chi connectivity index (χ0v) is 11.2. The van der Waals surface area contributed by atoms with Gasteiger partial charge in [0.05, 0.1) is 11.8 Å². The molecule has 2 aromatic rings. The van der Waals surface area contributed by atoms with Gasteiger partial charge in [-0.25, -0.2) is 0 Å². The third-order valence-electron chi connectivity index (χ3n) is 2.45. The van der Waals surface area contributed by atoms with Crippen LogP contribution in [0, 0.1) is 0 Å². The molecular formula is C13H9BrN2O3. The Morgan fingerprint density at radius 3 is 2.89 bits per heavy atom. The molecule has 0 bridgehead atoms. The van der Waals surface area contributed by atoms with Gasteiger partial charge in [0.15, 0.2) is 0 Å². The third kappa shape index (κ3) is 2.79. The Bertz CT molecular complexity index is 656. The predicted molar refractivity (Wildman–Crippen MR) is 72.9 cm³/mol. The molecule has 5 nitrogen and oxygen atoms in total. The lowest BCUT2D eigenvalue weighted by atomic mass is 10.0. The topological polar surface area (TPSA) is 82.8 Å². The summed E-state index contributed by atoms with van der Waals surface area (Å²) in [7, 11) is 0. The van der Waals surface area contributed by atoms with Crippen LogP contribution in [0.25, 0.3) is 0 Å². The van der Waals surface area contributed by atoms with Crippen LogP contribution < -0.4 is 0 Å². The van der Waals surface area contributed by atoms with E-state index in [1.165, 1.54) is 18.3 Å². The highest BCUT2D eigenvalue weighted by Gasteiger charge is 2.18. The van der Waals surface area contributed by atoms with Gasteiger partial charge in [0.25, 0.3) is 0 Å². The molecule has 96 valence electrons. The molecule has 0 fully saturated rings. The average Bonchev–Trinajstić information content (AvgIpc) is 2.42. The van der Waals surface area contributed by atoms with Crippen molar-refractivity contribution in [2.75, 3.05) is 0 Å². The van der Waals surface area contributed by atoms with E-state index in [2.05, 4.69) is 26.1 Å². The molecule has 2 N–H and O–H groups in total. The Balaban J connectivity index is 2.53. The molecule has 0 aliphatic carbocycles. The number of nitrogens with zero attached hydrogens (tertiary/aromatic N) is 2. The summed E-state index contributed by atoms with van der Waals surface area (Å²) < 4.78 is 0.668. The van der Waals surface area contributed by atoms with E-state index >= 15 is 0 Å². The summed E-state index contributed by atoms with van der Waals surface area (Å²) in [5.41, 5.74) is 0.601. The van der Waals surface area contributed by atoms with E-state index in [1.54, 1.807) is 18.2 Å². The van der Waals surface area contributed by atoms with Crippen LogP contribution >= 0.6 is 15.9 Å². The standard InChI is InChI=1S/C13H9BrN2O3/c14-9-3-4-11(17)10(6-9)13(18)12-8(7-16-19)2-1-5-15-12/h1-7,17,19H. The Hall–Kier alpha value is -2.21. The van der Waals surface area contributed by atoms with Crippen LogP contribution in [0.1, 0.15) is 21.6 Å². The Morgan fingerprint density at radius 2 is 2.16 bits per heavy atom. The number of aromatic nitrogens is 1. The van der Waals surface area contributed by atoms with Gasteiger partial charge in [0.2, 0.25) is 5.78 Å². The van der Waals surface area contributed by atoms with Gasteiger partial charge in [0.1, 0.15) is 11.4 Å². The molecule has 2 rings (SSSR count). The minimum Gasteiger partial charge on any atom is -0.507 e. The maximum atomic E-state index is 12.3. The van der Waals surface area contributed by atoms with Crippen molar-refractivity contribution in [2.45, 2.75) is 0 Å². The third-order valence-corrected chi connectivity index (χ3v) is 2.95. The van der Waals surface area contributed by atoms with Gasteiger partial charge < -0.3 is 10.3 Å². The normalized spacial score (nSPS) is 10.8. The minimum atomic E-state index is -0.450. The molecule has 0 aliphatic rings. The van der Waals surface area contributed by atoms with Crippen molar-refractivity contribution < 1.29 is 15.1 Å². The monoisotopic (exact) mass is 320 g/mol. The fraction of sp³-hybridized carbons (Fsp3) is 0. The fourth-order valence-corrected chi connectivity index (χ4v) is 1.95. The lowest BCUT2D eigenvalue weighted by Gasteiger charge is -2.06. The molecule has 19 heavy (non-hydrogen) atoms. The van der Waals surface area contributed by atoms with Gasteiger partial charge in [-0.1, -0.05) is 21.1 Å². The van der Waals surface area contributed by atoms with Gasteiger partial charge in [0, 0.05) is 16.2 Å². The molecule has 0 saturated heterocycles. The molecule has 0 saturated carbocycles. The van der Waals surface area contributed by atoms with Gasteiger partial charge in [-0.2, -0.15) is 0 Å². The number of hydrogen-bond acceptors (Lipinski definition) is 5. The lowest BCUT2D eigenvalue weighted by Crippen LogP contribution is -2.08.